The van der Waals surface area contributed by atoms with E-state index >= 15 is 0 Å². The highest BCUT2D eigenvalue weighted by molar-refractivity contribution is 7.53. The number of rotatable bonds is 11. The summed E-state index contributed by atoms with van der Waals surface area (Å²) in [6.45, 7) is 7.79. The molecule has 0 aliphatic carbocycles. The van der Waals surface area contributed by atoms with Crippen LogP contribution < -0.4 is 4.74 Å². The molecule has 0 aliphatic heterocycles. The Bertz CT molecular complexity index is 808. The maximum Gasteiger partial charge on any atom is 0.416 e. The predicted molar refractivity (Wildman–Crippen MR) is 114 cm³/mol. The van der Waals surface area contributed by atoms with Crippen LogP contribution in [-0.2, 0) is 33.2 Å². The first-order chi connectivity index (χ1) is 15.4. The molecule has 182 valence electrons. The fourth-order valence-electron chi connectivity index (χ4n) is 2.06. The number of ether oxygens (including phenoxy) is 2. The minimum Gasteiger partial charge on any atom is -0.444 e. The van der Waals surface area contributed by atoms with E-state index in [2.05, 4.69) is 9.78 Å². The van der Waals surface area contributed by atoms with Crippen molar-refractivity contribution in [2.45, 2.75) is 59.0 Å². The van der Waals surface area contributed by atoms with Crippen LogP contribution in [0.4, 0.5) is 4.79 Å². The third-order valence-corrected chi connectivity index (χ3v) is 5.34. The zero-order valence-corrected chi connectivity index (χ0v) is 20.0. The Morgan fingerprint density at radius 2 is 1.69 bits per heavy atom. The Kier molecular flexibility index (Phi) is 10.1. The molecule has 0 spiro atoms. The minimum atomic E-state index is -4.24. The van der Waals surface area contributed by atoms with E-state index in [1.807, 2.05) is 0 Å². The first-order valence-electron chi connectivity index (χ1n) is 10.6. The van der Waals surface area contributed by atoms with Crippen molar-refractivity contribution in [3.05, 3.63) is 29.8 Å². The van der Waals surface area contributed by atoms with Crippen molar-refractivity contribution in [2.24, 2.45) is 0 Å². The van der Waals surface area contributed by atoms with Crippen molar-refractivity contribution in [1.82, 2.24) is 4.90 Å². The molecule has 0 heterocycles. The smallest absolute Gasteiger partial charge is 0.416 e. The summed E-state index contributed by atoms with van der Waals surface area (Å²) in [5.74, 6) is -2.36. The standard InChI is InChI=1S/C20H32NO10P/c1-8-26-30-32(25,31-27-9-2)18(23)15-10-12-16(13-11-15)28-17(22)14(3)21(7)19(24)29-20(4,5)6/h10-14,18,23H,8-9H2,1-7H3/t14-,18?/m0/s1/i4D. The molecule has 1 amide bonds. The number of amides is 1. The SMILES string of the molecule is [2H]CC(C)(C)OC(=O)N(C)[C@@H](C)C(=O)Oc1ccc(C(O)P(=O)(OOCC)OOCC)cc1. The summed E-state index contributed by atoms with van der Waals surface area (Å²) in [6.07, 6.45) is -0.769. The molecule has 0 radical (unpaired) electrons. The first-order valence-corrected chi connectivity index (χ1v) is 11.5. The Morgan fingerprint density at radius 3 is 2.16 bits per heavy atom. The lowest BCUT2D eigenvalue weighted by Gasteiger charge is -2.27. The molecule has 12 heteroatoms. The van der Waals surface area contributed by atoms with E-state index in [1.165, 1.54) is 38.2 Å². The van der Waals surface area contributed by atoms with Gasteiger partial charge in [-0.15, -0.1) is 9.35 Å². The number of nitrogens with zero attached hydrogens (tertiary/aromatic N) is 1. The number of likely N-dealkylation sites (N-methyl/N-ethyl adjacent to an activating group) is 1. The van der Waals surface area contributed by atoms with Crippen LogP contribution in [0, 0.1) is 0 Å². The van der Waals surface area contributed by atoms with Crippen LogP contribution in [0.25, 0.3) is 0 Å². The molecule has 1 rings (SSSR count). The molecule has 0 aromatic heterocycles. The molecule has 1 N–H and O–H groups in total. The van der Waals surface area contributed by atoms with E-state index < -0.39 is 37.1 Å². The topological polar surface area (TPSA) is 130 Å². The van der Waals surface area contributed by atoms with Gasteiger partial charge in [0.25, 0.3) is 0 Å². The highest BCUT2D eigenvalue weighted by Gasteiger charge is 2.39. The van der Waals surface area contributed by atoms with Crippen LogP contribution in [-0.4, -0.2) is 54.0 Å². The molecule has 1 unspecified atom stereocenters. The van der Waals surface area contributed by atoms with Gasteiger partial charge in [0.1, 0.15) is 17.4 Å². The molecular formula is C20H32NO10P. The van der Waals surface area contributed by atoms with E-state index in [9.17, 15) is 19.3 Å². The van der Waals surface area contributed by atoms with Gasteiger partial charge in [0, 0.05) is 8.42 Å². The van der Waals surface area contributed by atoms with Gasteiger partial charge in [0.15, 0.2) is 5.85 Å². The van der Waals surface area contributed by atoms with Crippen molar-refractivity contribution < 1.29 is 49.2 Å². The zero-order valence-electron chi connectivity index (χ0n) is 20.1. The molecule has 2 atom stereocenters. The molecule has 11 nitrogen and oxygen atoms in total. The summed E-state index contributed by atoms with van der Waals surface area (Å²) >= 11 is 0. The van der Waals surface area contributed by atoms with Gasteiger partial charge in [0.05, 0.1) is 13.2 Å². The fraction of sp³-hybridized carbons (Fsp3) is 0.600. The van der Waals surface area contributed by atoms with Crippen molar-refractivity contribution >= 4 is 19.7 Å². The number of carbonyl (C=O) groups excluding carboxylic acids is 2. The number of aliphatic hydroxyl groups is 1. The maximum absolute atomic E-state index is 12.8. The van der Waals surface area contributed by atoms with E-state index in [-0.39, 0.29) is 31.4 Å². The van der Waals surface area contributed by atoms with Crippen LogP contribution in [0.15, 0.2) is 24.3 Å². The highest BCUT2D eigenvalue weighted by atomic mass is 31.2. The number of carbonyl (C=O) groups is 2. The number of aliphatic hydroxyl groups excluding tert-OH is 1. The Balaban J connectivity index is 2.84. The third-order valence-electron chi connectivity index (χ3n) is 3.82. The normalized spacial score (nSPS) is 14.3. The van der Waals surface area contributed by atoms with E-state index in [4.69, 9.17) is 20.2 Å². The second-order valence-electron chi connectivity index (χ2n) is 7.28. The summed E-state index contributed by atoms with van der Waals surface area (Å²) in [6, 6.07) is 4.43. The lowest BCUT2D eigenvalue weighted by atomic mass is 10.2. The monoisotopic (exact) mass is 478 g/mol. The van der Waals surface area contributed by atoms with Gasteiger partial charge in [0.2, 0.25) is 0 Å². The van der Waals surface area contributed by atoms with Crippen molar-refractivity contribution in [3.63, 3.8) is 0 Å². The number of benzene rings is 1. The van der Waals surface area contributed by atoms with E-state index in [0.717, 1.165) is 4.90 Å². The van der Waals surface area contributed by atoms with Crippen LogP contribution in [0.3, 0.4) is 0 Å². The average molecular weight is 478 g/mol. The van der Waals surface area contributed by atoms with E-state index in [1.54, 1.807) is 27.7 Å². The summed E-state index contributed by atoms with van der Waals surface area (Å²) < 4.78 is 40.0. The summed E-state index contributed by atoms with van der Waals surface area (Å²) in [5, 5.41) is 10.4. The van der Waals surface area contributed by atoms with Crippen LogP contribution >= 0.6 is 7.60 Å². The van der Waals surface area contributed by atoms with Gasteiger partial charge in [-0.3, -0.25) is 9.46 Å². The largest absolute Gasteiger partial charge is 0.444 e. The molecular weight excluding hydrogens is 445 g/mol. The molecule has 0 fully saturated rings. The second kappa shape index (κ2) is 12.3. The molecule has 0 saturated carbocycles. The van der Waals surface area contributed by atoms with Crippen LogP contribution in [0.2, 0.25) is 0 Å². The van der Waals surface area contributed by atoms with Crippen molar-refractivity contribution in [2.75, 3.05) is 20.3 Å². The summed E-state index contributed by atoms with van der Waals surface area (Å²) in [5.41, 5.74) is -0.869. The molecule has 0 bridgehead atoms. The molecule has 0 saturated heterocycles. The van der Waals surface area contributed by atoms with Crippen molar-refractivity contribution in [1.29, 1.82) is 0 Å². The lowest BCUT2D eigenvalue weighted by molar-refractivity contribution is -0.268. The second-order valence-corrected chi connectivity index (χ2v) is 9.15. The average Bonchev–Trinajstić information content (AvgIpc) is 2.80. The van der Waals surface area contributed by atoms with Gasteiger partial charge in [-0.25, -0.2) is 19.4 Å². The van der Waals surface area contributed by atoms with Gasteiger partial charge in [-0.1, -0.05) is 12.1 Å². The van der Waals surface area contributed by atoms with Gasteiger partial charge >= 0.3 is 19.7 Å². The molecule has 1 aromatic rings. The number of hydrogen-bond donors (Lipinski definition) is 1. The van der Waals surface area contributed by atoms with E-state index in [0.29, 0.717) is 0 Å². The van der Waals surface area contributed by atoms with Gasteiger partial charge < -0.3 is 14.6 Å². The quantitative estimate of drug-likeness (QED) is 0.164. The zero-order chi connectivity index (χ0) is 25.2. The van der Waals surface area contributed by atoms with Crippen molar-refractivity contribution in [3.8, 4) is 5.75 Å². The van der Waals surface area contributed by atoms with Crippen LogP contribution in [0.5, 0.6) is 5.75 Å². The Morgan fingerprint density at radius 1 is 1.16 bits per heavy atom. The third kappa shape index (κ3) is 8.50. The minimum absolute atomic E-state index is 0.0574. The summed E-state index contributed by atoms with van der Waals surface area (Å²) in [7, 11) is -2.86. The Hall–Kier alpha value is -2.01. The lowest BCUT2D eigenvalue weighted by Crippen LogP contribution is -2.44. The van der Waals surface area contributed by atoms with Crippen LogP contribution in [0.1, 0.15) is 54.3 Å². The number of esters is 1. The fourth-order valence-corrected chi connectivity index (χ4v) is 3.29. The molecule has 0 aliphatic rings. The number of hydrogen-bond acceptors (Lipinski definition) is 10. The first kappa shape index (κ1) is 26.2. The molecule has 32 heavy (non-hydrogen) atoms. The predicted octanol–water partition coefficient (Wildman–Crippen LogP) is 3.97. The Labute approximate surface area is 189 Å². The van der Waals surface area contributed by atoms with Gasteiger partial charge in [-0.05, 0) is 59.2 Å². The highest BCUT2D eigenvalue weighted by Crippen LogP contribution is 2.60. The maximum atomic E-state index is 12.8. The van der Waals surface area contributed by atoms with Gasteiger partial charge in [-0.2, -0.15) is 0 Å². The summed E-state index contributed by atoms with van der Waals surface area (Å²) in [4.78, 5) is 35.0. The molecule has 1 aromatic carbocycles.